The van der Waals surface area contributed by atoms with Gasteiger partial charge in [-0.05, 0) is 12.3 Å². The standard InChI is InChI=1S/C10H19NS/c1-5-10(6-7-11)12-9(4)8(2)3/h8-10H,5-6H2,1-4H3. The monoisotopic (exact) mass is 185 g/mol. The number of hydrogen-bond donors (Lipinski definition) is 0. The van der Waals surface area contributed by atoms with Gasteiger partial charge in [-0.15, -0.1) is 0 Å². The van der Waals surface area contributed by atoms with E-state index in [1.54, 1.807) is 0 Å². The van der Waals surface area contributed by atoms with Crippen LogP contribution < -0.4 is 0 Å². The molecule has 70 valence electrons. The third kappa shape index (κ3) is 4.66. The summed E-state index contributed by atoms with van der Waals surface area (Å²) < 4.78 is 0. The summed E-state index contributed by atoms with van der Waals surface area (Å²) in [5.41, 5.74) is 0. The zero-order valence-corrected chi connectivity index (χ0v) is 9.32. The van der Waals surface area contributed by atoms with E-state index in [0.717, 1.165) is 6.42 Å². The van der Waals surface area contributed by atoms with Crippen molar-refractivity contribution in [2.45, 2.75) is 51.0 Å². The quantitative estimate of drug-likeness (QED) is 0.655. The van der Waals surface area contributed by atoms with E-state index in [-0.39, 0.29) is 0 Å². The summed E-state index contributed by atoms with van der Waals surface area (Å²) >= 11 is 1.95. The molecule has 0 aliphatic rings. The van der Waals surface area contributed by atoms with Crippen molar-refractivity contribution >= 4 is 11.8 Å². The maximum atomic E-state index is 8.56. The van der Waals surface area contributed by atoms with Gasteiger partial charge in [0.05, 0.1) is 6.07 Å². The van der Waals surface area contributed by atoms with Gasteiger partial charge in [-0.1, -0.05) is 27.7 Å². The topological polar surface area (TPSA) is 23.8 Å². The van der Waals surface area contributed by atoms with E-state index in [1.165, 1.54) is 0 Å². The maximum Gasteiger partial charge on any atom is 0.0633 e. The molecule has 0 heterocycles. The average Bonchev–Trinajstić information content (AvgIpc) is 2.03. The van der Waals surface area contributed by atoms with E-state index in [1.807, 2.05) is 11.8 Å². The van der Waals surface area contributed by atoms with E-state index in [2.05, 4.69) is 33.8 Å². The third-order valence-corrected chi connectivity index (χ3v) is 3.98. The second-order valence-corrected chi connectivity index (χ2v) is 5.16. The van der Waals surface area contributed by atoms with Crippen molar-refractivity contribution in [3.05, 3.63) is 0 Å². The van der Waals surface area contributed by atoms with Crippen LogP contribution in [0.5, 0.6) is 0 Å². The minimum Gasteiger partial charge on any atom is -0.198 e. The van der Waals surface area contributed by atoms with E-state index in [9.17, 15) is 0 Å². The van der Waals surface area contributed by atoms with Gasteiger partial charge in [-0.25, -0.2) is 0 Å². The highest BCUT2D eigenvalue weighted by Crippen LogP contribution is 2.27. The Morgan fingerprint density at radius 1 is 1.33 bits per heavy atom. The van der Waals surface area contributed by atoms with Gasteiger partial charge in [-0.2, -0.15) is 17.0 Å². The van der Waals surface area contributed by atoms with Gasteiger partial charge in [-0.3, -0.25) is 0 Å². The number of rotatable bonds is 5. The lowest BCUT2D eigenvalue weighted by Gasteiger charge is -2.19. The van der Waals surface area contributed by atoms with Crippen molar-refractivity contribution in [3.8, 4) is 6.07 Å². The second kappa shape index (κ2) is 6.37. The second-order valence-electron chi connectivity index (χ2n) is 3.48. The summed E-state index contributed by atoms with van der Waals surface area (Å²) in [7, 11) is 0. The molecule has 0 aromatic rings. The molecule has 2 heteroatoms. The van der Waals surface area contributed by atoms with Gasteiger partial charge in [0.25, 0.3) is 0 Å². The van der Waals surface area contributed by atoms with Crippen LogP contribution in [-0.4, -0.2) is 10.5 Å². The Morgan fingerprint density at radius 2 is 1.92 bits per heavy atom. The van der Waals surface area contributed by atoms with Gasteiger partial charge in [0, 0.05) is 16.9 Å². The van der Waals surface area contributed by atoms with Crippen molar-refractivity contribution in [1.29, 1.82) is 5.26 Å². The molecule has 0 rings (SSSR count). The van der Waals surface area contributed by atoms with Gasteiger partial charge < -0.3 is 0 Å². The molecular weight excluding hydrogens is 166 g/mol. The van der Waals surface area contributed by atoms with Crippen molar-refractivity contribution in [2.75, 3.05) is 0 Å². The average molecular weight is 185 g/mol. The summed E-state index contributed by atoms with van der Waals surface area (Å²) in [5, 5.41) is 9.76. The van der Waals surface area contributed by atoms with Gasteiger partial charge >= 0.3 is 0 Å². The number of nitriles is 1. The molecule has 12 heavy (non-hydrogen) atoms. The van der Waals surface area contributed by atoms with Crippen molar-refractivity contribution in [2.24, 2.45) is 5.92 Å². The largest absolute Gasteiger partial charge is 0.198 e. The van der Waals surface area contributed by atoms with Crippen LogP contribution in [0.1, 0.15) is 40.5 Å². The summed E-state index contributed by atoms with van der Waals surface area (Å²) in [4.78, 5) is 0. The lowest BCUT2D eigenvalue weighted by Crippen LogP contribution is -2.12. The Bertz CT molecular complexity index is 148. The molecule has 0 aliphatic heterocycles. The van der Waals surface area contributed by atoms with Crippen LogP contribution >= 0.6 is 11.8 Å². The number of hydrogen-bond acceptors (Lipinski definition) is 2. The van der Waals surface area contributed by atoms with Crippen molar-refractivity contribution in [1.82, 2.24) is 0 Å². The molecule has 2 atom stereocenters. The fourth-order valence-electron chi connectivity index (χ4n) is 0.851. The van der Waals surface area contributed by atoms with E-state index < -0.39 is 0 Å². The molecule has 0 bridgehead atoms. The Balaban J connectivity index is 3.78. The van der Waals surface area contributed by atoms with Gasteiger partial charge in [0.15, 0.2) is 0 Å². The molecule has 0 saturated carbocycles. The lowest BCUT2D eigenvalue weighted by atomic mass is 10.2. The lowest BCUT2D eigenvalue weighted by molar-refractivity contribution is 0.637. The first kappa shape index (κ1) is 11.8. The zero-order chi connectivity index (χ0) is 9.56. The van der Waals surface area contributed by atoms with Gasteiger partial charge in [0.1, 0.15) is 0 Å². The third-order valence-electron chi connectivity index (χ3n) is 2.12. The molecule has 0 fully saturated rings. The van der Waals surface area contributed by atoms with Crippen LogP contribution in [0.3, 0.4) is 0 Å². The van der Waals surface area contributed by atoms with Gasteiger partial charge in [0.2, 0.25) is 0 Å². The zero-order valence-electron chi connectivity index (χ0n) is 8.50. The molecule has 2 unspecified atom stereocenters. The summed E-state index contributed by atoms with van der Waals surface area (Å²) in [6.07, 6.45) is 1.80. The van der Waals surface area contributed by atoms with E-state index >= 15 is 0 Å². The SMILES string of the molecule is CCC(CC#N)SC(C)C(C)C. The fraction of sp³-hybridized carbons (Fsp3) is 0.900. The van der Waals surface area contributed by atoms with Crippen LogP contribution in [0.15, 0.2) is 0 Å². The molecule has 1 nitrogen and oxygen atoms in total. The predicted molar refractivity (Wildman–Crippen MR) is 56.2 cm³/mol. The molecule has 0 amide bonds. The molecule has 0 aromatic carbocycles. The molecule has 0 N–H and O–H groups in total. The highest BCUT2D eigenvalue weighted by molar-refractivity contribution is 8.00. The first-order valence-corrected chi connectivity index (χ1v) is 5.58. The van der Waals surface area contributed by atoms with E-state index in [4.69, 9.17) is 5.26 Å². The first-order valence-electron chi connectivity index (χ1n) is 4.64. The molecule has 0 saturated heterocycles. The first-order chi connectivity index (χ1) is 5.61. The van der Waals surface area contributed by atoms with E-state index in [0.29, 0.717) is 22.8 Å². The normalized spacial score (nSPS) is 15.7. The molecule has 0 aromatic heterocycles. The van der Waals surface area contributed by atoms with Crippen molar-refractivity contribution < 1.29 is 0 Å². The Morgan fingerprint density at radius 3 is 2.25 bits per heavy atom. The maximum absolute atomic E-state index is 8.56. The molecular formula is C10H19NS. The summed E-state index contributed by atoms with van der Waals surface area (Å²) in [5.74, 6) is 0.711. The number of nitrogens with zero attached hydrogens (tertiary/aromatic N) is 1. The molecule has 0 radical (unpaired) electrons. The Labute approximate surface area is 80.5 Å². The highest BCUT2D eigenvalue weighted by Gasteiger charge is 2.13. The highest BCUT2D eigenvalue weighted by atomic mass is 32.2. The smallest absolute Gasteiger partial charge is 0.0633 e. The summed E-state index contributed by atoms with van der Waals surface area (Å²) in [6.45, 7) is 8.87. The number of thioether (sulfide) groups is 1. The van der Waals surface area contributed by atoms with Crippen LogP contribution in [0.4, 0.5) is 0 Å². The van der Waals surface area contributed by atoms with Crippen LogP contribution in [-0.2, 0) is 0 Å². The minimum atomic E-state index is 0.535. The summed E-state index contributed by atoms with van der Waals surface area (Å²) in [6, 6.07) is 2.24. The molecule has 0 spiro atoms. The Kier molecular flexibility index (Phi) is 6.28. The van der Waals surface area contributed by atoms with Crippen LogP contribution in [0.25, 0.3) is 0 Å². The Hall–Kier alpha value is -0.160. The van der Waals surface area contributed by atoms with Crippen LogP contribution in [0, 0.1) is 17.2 Å². The minimum absolute atomic E-state index is 0.535. The molecule has 0 aliphatic carbocycles. The van der Waals surface area contributed by atoms with Crippen LogP contribution in [0.2, 0.25) is 0 Å². The predicted octanol–water partition coefficient (Wildman–Crippen LogP) is 3.46. The van der Waals surface area contributed by atoms with Crippen molar-refractivity contribution in [3.63, 3.8) is 0 Å². The fourth-order valence-corrected chi connectivity index (χ4v) is 2.14.